The van der Waals surface area contributed by atoms with Gasteiger partial charge in [0.15, 0.2) is 5.16 Å². The summed E-state index contributed by atoms with van der Waals surface area (Å²) in [5, 5.41) is 12.5. The SMILES string of the molecule is Cc1ccc(-n2c(SCC(=O)NC(=O)NCC(F)(F)F)nnc2N2CCCCC2)cc1. The molecule has 0 saturated carbocycles. The van der Waals surface area contributed by atoms with Gasteiger partial charge in [-0.15, -0.1) is 10.2 Å². The molecule has 168 valence electrons. The molecule has 2 N–H and O–H groups in total. The summed E-state index contributed by atoms with van der Waals surface area (Å²) in [6.07, 6.45) is -1.28. The van der Waals surface area contributed by atoms with Crippen LogP contribution in [0.2, 0.25) is 0 Å². The van der Waals surface area contributed by atoms with Crippen molar-refractivity contribution in [2.24, 2.45) is 0 Å². The topological polar surface area (TPSA) is 92.2 Å². The first-order valence-electron chi connectivity index (χ1n) is 9.77. The van der Waals surface area contributed by atoms with Crippen LogP contribution in [0.4, 0.5) is 23.9 Å². The highest BCUT2D eigenvalue weighted by Crippen LogP contribution is 2.28. The number of amides is 3. The number of aromatic nitrogens is 3. The van der Waals surface area contributed by atoms with Gasteiger partial charge in [-0.1, -0.05) is 29.5 Å². The number of carbonyl (C=O) groups excluding carboxylic acids is 2. The smallest absolute Gasteiger partial charge is 0.341 e. The Hall–Kier alpha value is -2.76. The highest BCUT2D eigenvalue weighted by atomic mass is 32.2. The molecule has 2 heterocycles. The number of imide groups is 1. The molecule has 0 aliphatic carbocycles. The second kappa shape index (κ2) is 10.0. The van der Waals surface area contributed by atoms with Crippen molar-refractivity contribution < 1.29 is 22.8 Å². The number of thioether (sulfide) groups is 1. The van der Waals surface area contributed by atoms with E-state index in [0.29, 0.717) is 11.1 Å². The van der Waals surface area contributed by atoms with Crippen LogP contribution in [0.15, 0.2) is 29.4 Å². The van der Waals surface area contributed by atoms with Crippen molar-refractivity contribution in [3.63, 3.8) is 0 Å². The first-order valence-corrected chi connectivity index (χ1v) is 10.8. The van der Waals surface area contributed by atoms with E-state index in [-0.39, 0.29) is 5.75 Å². The zero-order chi connectivity index (χ0) is 22.4. The lowest BCUT2D eigenvalue weighted by atomic mass is 10.1. The minimum Gasteiger partial charge on any atom is -0.341 e. The van der Waals surface area contributed by atoms with Crippen LogP contribution in [-0.4, -0.2) is 58.3 Å². The van der Waals surface area contributed by atoms with E-state index in [1.165, 1.54) is 0 Å². The van der Waals surface area contributed by atoms with Crippen LogP contribution >= 0.6 is 11.8 Å². The Morgan fingerprint density at radius 3 is 2.42 bits per heavy atom. The molecule has 1 aliphatic rings. The summed E-state index contributed by atoms with van der Waals surface area (Å²) in [5.74, 6) is -0.263. The van der Waals surface area contributed by atoms with Gasteiger partial charge in [-0.25, -0.2) is 4.79 Å². The van der Waals surface area contributed by atoms with Gasteiger partial charge in [-0.3, -0.25) is 14.7 Å². The van der Waals surface area contributed by atoms with Crippen molar-refractivity contribution in [3.8, 4) is 5.69 Å². The molecule has 2 aromatic rings. The second-order valence-corrected chi connectivity index (χ2v) is 8.08. The van der Waals surface area contributed by atoms with E-state index < -0.39 is 24.7 Å². The predicted octanol–water partition coefficient (Wildman–Crippen LogP) is 3.05. The number of piperidine rings is 1. The highest BCUT2D eigenvalue weighted by Gasteiger charge is 2.28. The number of halogens is 3. The Labute approximate surface area is 181 Å². The number of aryl methyl sites for hydroxylation is 1. The van der Waals surface area contributed by atoms with Gasteiger partial charge < -0.3 is 10.2 Å². The summed E-state index contributed by atoms with van der Waals surface area (Å²) in [7, 11) is 0. The number of nitrogens with one attached hydrogen (secondary N) is 2. The van der Waals surface area contributed by atoms with Crippen LogP contribution in [0.25, 0.3) is 5.69 Å². The van der Waals surface area contributed by atoms with Crippen molar-refractivity contribution >= 4 is 29.6 Å². The number of urea groups is 1. The minimum atomic E-state index is -4.55. The number of carbonyl (C=O) groups is 2. The number of rotatable bonds is 6. The number of nitrogens with zero attached hydrogens (tertiary/aromatic N) is 4. The van der Waals surface area contributed by atoms with Crippen molar-refractivity contribution in [3.05, 3.63) is 29.8 Å². The molecule has 12 heteroatoms. The Morgan fingerprint density at radius 1 is 1.10 bits per heavy atom. The van der Waals surface area contributed by atoms with E-state index in [0.717, 1.165) is 55.4 Å². The van der Waals surface area contributed by atoms with Gasteiger partial charge in [0.1, 0.15) is 6.54 Å². The van der Waals surface area contributed by atoms with Crippen molar-refractivity contribution in [1.29, 1.82) is 0 Å². The maximum Gasteiger partial charge on any atom is 0.405 e. The van der Waals surface area contributed by atoms with E-state index in [1.54, 1.807) is 5.32 Å². The van der Waals surface area contributed by atoms with Crippen molar-refractivity contribution in [2.45, 2.75) is 37.5 Å². The molecule has 1 aliphatic heterocycles. The Kier molecular flexibility index (Phi) is 7.42. The van der Waals surface area contributed by atoms with Crippen LogP contribution in [0.3, 0.4) is 0 Å². The van der Waals surface area contributed by atoms with Crippen LogP contribution < -0.4 is 15.5 Å². The maximum absolute atomic E-state index is 12.2. The molecule has 8 nitrogen and oxygen atoms in total. The van der Waals surface area contributed by atoms with E-state index in [2.05, 4.69) is 15.1 Å². The molecule has 1 saturated heterocycles. The van der Waals surface area contributed by atoms with E-state index >= 15 is 0 Å². The van der Waals surface area contributed by atoms with Crippen LogP contribution in [0, 0.1) is 6.92 Å². The van der Waals surface area contributed by atoms with Crippen molar-refractivity contribution in [1.82, 2.24) is 25.4 Å². The number of benzene rings is 1. The fourth-order valence-corrected chi connectivity index (χ4v) is 3.84. The Balaban J connectivity index is 1.70. The summed E-state index contributed by atoms with van der Waals surface area (Å²) in [6, 6.07) is 6.59. The average molecular weight is 456 g/mol. The van der Waals surface area contributed by atoms with Gasteiger partial charge in [0.05, 0.1) is 11.4 Å². The lowest BCUT2D eigenvalue weighted by Gasteiger charge is -2.27. The third-order valence-corrected chi connectivity index (χ3v) is 5.51. The van der Waals surface area contributed by atoms with Gasteiger partial charge in [0.2, 0.25) is 11.9 Å². The zero-order valence-corrected chi connectivity index (χ0v) is 17.7. The molecule has 31 heavy (non-hydrogen) atoms. The van der Waals surface area contributed by atoms with Crippen molar-refractivity contribution in [2.75, 3.05) is 30.3 Å². The molecular formula is C19H23F3N6O2S. The van der Waals surface area contributed by atoms with E-state index in [9.17, 15) is 22.8 Å². The first-order chi connectivity index (χ1) is 14.7. The normalized spacial score (nSPS) is 14.4. The van der Waals surface area contributed by atoms with Gasteiger partial charge in [0.25, 0.3) is 0 Å². The highest BCUT2D eigenvalue weighted by molar-refractivity contribution is 7.99. The Bertz CT molecular complexity index is 910. The van der Waals surface area contributed by atoms with Crippen LogP contribution in [-0.2, 0) is 4.79 Å². The van der Waals surface area contributed by atoms with Crippen LogP contribution in [0.1, 0.15) is 24.8 Å². The fraction of sp³-hybridized carbons (Fsp3) is 0.474. The molecule has 0 radical (unpaired) electrons. The number of hydrogen-bond acceptors (Lipinski definition) is 6. The summed E-state index contributed by atoms with van der Waals surface area (Å²) < 4.78 is 38.3. The third kappa shape index (κ3) is 6.61. The van der Waals surface area contributed by atoms with E-state index in [4.69, 9.17) is 0 Å². The number of alkyl halides is 3. The Morgan fingerprint density at radius 2 is 1.77 bits per heavy atom. The van der Waals surface area contributed by atoms with E-state index in [1.807, 2.05) is 41.1 Å². The molecular weight excluding hydrogens is 433 g/mol. The molecule has 0 spiro atoms. The summed E-state index contributed by atoms with van der Waals surface area (Å²) in [4.78, 5) is 25.6. The molecule has 0 unspecified atom stereocenters. The van der Waals surface area contributed by atoms with Gasteiger partial charge in [0, 0.05) is 13.1 Å². The monoisotopic (exact) mass is 456 g/mol. The number of anilines is 1. The molecule has 3 amide bonds. The van der Waals surface area contributed by atoms with Gasteiger partial charge in [-0.05, 0) is 38.3 Å². The largest absolute Gasteiger partial charge is 0.405 e. The molecule has 1 aromatic carbocycles. The summed E-state index contributed by atoms with van der Waals surface area (Å²) in [6.45, 7) is 2.18. The predicted molar refractivity (Wildman–Crippen MR) is 110 cm³/mol. The summed E-state index contributed by atoms with van der Waals surface area (Å²) in [5.41, 5.74) is 1.93. The minimum absolute atomic E-state index is 0.205. The zero-order valence-electron chi connectivity index (χ0n) is 16.9. The molecule has 3 rings (SSSR count). The lowest BCUT2D eigenvalue weighted by molar-refractivity contribution is -0.124. The quantitative estimate of drug-likeness (QED) is 0.650. The standard InChI is InChI=1S/C19H23F3N6O2S/c1-13-5-7-14(8-6-13)28-17(27-9-3-2-4-10-27)25-26-18(28)31-11-15(29)24-16(30)23-12-19(20,21)22/h5-8H,2-4,9-12H2,1H3,(H2,23,24,29,30). The first kappa shape index (κ1) is 22.9. The number of hydrogen-bond donors (Lipinski definition) is 2. The average Bonchev–Trinajstić information content (AvgIpc) is 3.15. The van der Waals surface area contributed by atoms with Gasteiger partial charge >= 0.3 is 12.2 Å². The second-order valence-electron chi connectivity index (χ2n) is 7.14. The molecule has 0 atom stereocenters. The van der Waals surface area contributed by atoms with Crippen LogP contribution in [0.5, 0.6) is 0 Å². The summed E-state index contributed by atoms with van der Waals surface area (Å²) >= 11 is 1.05. The van der Waals surface area contributed by atoms with Gasteiger partial charge in [-0.2, -0.15) is 13.2 Å². The molecule has 0 bridgehead atoms. The molecule has 1 aromatic heterocycles. The maximum atomic E-state index is 12.2. The fourth-order valence-electron chi connectivity index (χ4n) is 3.09. The lowest BCUT2D eigenvalue weighted by Crippen LogP contribution is -2.43. The molecule has 1 fully saturated rings. The third-order valence-electron chi connectivity index (χ3n) is 4.58.